The van der Waals surface area contributed by atoms with Crippen molar-refractivity contribution in [3.63, 3.8) is 0 Å². The first kappa shape index (κ1) is 19.1. The van der Waals surface area contributed by atoms with Gasteiger partial charge in [0.25, 0.3) is 0 Å². The second-order valence-corrected chi connectivity index (χ2v) is 8.49. The summed E-state index contributed by atoms with van der Waals surface area (Å²) in [4.78, 5) is 4.68. The monoisotopic (exact) mass is 396 g/mol. The molecule has 0 atom stereocenters. The maximum atomic E-state index is 5.54. The van der Waals surface area contributed by atoms with Gasteiger partial charge in [0, 0.05) is 32.0 Å². The van der Waals surface area contributed by atoms with Crippen LogP contribution in [0, 0.1) is 13.8 Å². The Labute approximate surface area is 178 Å². The van der Waals surface area contributed by atoms with Crippen LogP contribution in [0.3, 0.4) is 0 Å². The average Bonchev–Trinajstić information content (AvgIpc) is 3.26. The minimum absolute atomic E-state index is 0.639. The summed E-state index contributed by atoms with van der Waals surface area (Å²) < 4.78 is 7.75. The number of imidazole rings is 1. The van der Waals surface area contributed by atoms with Gasteiger partial charge in [-0.25, -0.2) is 4.98 Å². The van der Waals surface area contributed by atoms with Crippen molar-refractivity contribution in [2.45, 2.75) is 39.0 Å². The van der Waals surface area contributed by atoms with Crippen LogP contribution in [0.15, 0.2) is 67.0 Å². The molecule has 152 valence electrons. The molecule has 3 heteroatoms. The zero-order valence-electron chi connectivity index (χ0n) is 17.8. The van der Waals surface area contributed by atoms with E-state index in [0.29, 0.717) is 5.92 Å². The third-order valence-electron chi connectivity index (χ3n) is 6.37. The zero-order chi connectivity index (χ0) is 20.5. The number of aryl methyl sites for hydroxylation is 2. The highest BCUT2D eigenvalue weighted by atomic mass is 16.5. The summed E-state index contributed by atoms with van der Waals surface area (Å²) in [5.41, 5.74) is 10.2. The van der Waals surface area contributed by atoms with Gasteiger partial charge in [-0.05, 0) is 66.5 Å². The third kappa shape index (κ3) is 3.66. The number of fused-ring (bicyclic) bond motifs is 1. The molecule has 0 spiro atoms. The first-order valence-electron chi connectivity index (χ1n) is 10.9. The lowest BCUT2D eigenvalue weighted by Crippen LogP contribution is -2.15. The van der Waals surface area contributed by atoms with Crippen molar-refractivity contribution in [3.8, 4) is 11.3 Å². The van der Waals surface area contributed by atoms with Crippen LogP contribution in [0.2, 0.25) is 0 Å². The summed E-state index contributed by atoms with van der Waals surface area (Å²) in [6.45, 7) is 6.14. The van der Waals surface area contributed by atoms with Crippen molar-refractivity contribution in [1.82, 2.24) is 9.38 Å². The molecule has 3 heterocycles. The first-order valence-corrected chi connectivity index (χ1v) is 10.9. The van der Waals surface area contributed by atoms with Crippen LogP contribution in [-0.2, 0) is 11.2 Å². The third-order valence-corrected chi connectivity index (χ3v) is 6.37. The molecular weight excluding hydrogens is 368 g/mol. The Balaban J connectivity index is 1.45. The normalized spacial score (nSPS) is 15.0. The van der Waals surface area contributed by atoms with Crippen LogP contribution in [0.25, 0.3) is 16.9 Å². The van der Waals surface area contributed by atoms with Crippen molar-refractivity contribution in [1.29, 1.82) is 0 Å². The van der Waals surface area contributed by atoms with E-state index in [1.54, 1.807) is 0 Å². The Morgan fingerprint density at radius 2 is 1.77 bits per heavy atom. The minimum atomic E-state index is 0.639. The molecule has 0 amide bonds. The second kappa shape index (κ2) is 8.08. The smallest absolute Gasteiger partial charge is 0.140 e. The lowest BCUT2D eigenvalue weighted by molar-refractivity contribution is 0.0852. The van der Waals surface area contributed by atoms with Crippen molar-refractivity contribution < 1.29 is 4.74 Å². The molecule has 0 aliphatic carbocycles. The van der Waals surface area contributed by atoms with Gasteiger partial charge in [-0.1, -0.05) is 54.1 Å². The summed E-state index contributed by atoms with van der Waals surface area (Å²) in [7, 11) is 0. The fourth-order valence-corrected chi connectivity index (χ4v) is 4.70. The van der Waals surface area contributed by atoms with Crippen LogP contribution in [0.5, 0.6) is 0 Å². The van der Waals surface area contributed by atoms with E-state index in [-0.39, 0.29) is 0 Å². The number of aromatic nitrogens is 2. The standard InChI is InChI=1S/C27H28N2O/c1-19-3-6-23(7-4-19)26-10-8-24(27-28-13-14-29(26)27)18-21-5-9-25(20(2)17-21)22-11-15-30-16-12-22/h3-10,13-14,17,22H,11-12,15-16,18H2,1-2H3. The molecule has 5 rings (SSSR count). The highest BCUT2D eigenvalue weighted by molar-refractivity contribution is 5.66. The van der Waals surface area contributed by atoms with Gasteiger partial charge in [0.05, 0.1) is 5.69 Å². The number of hydrogen-bond acceptors (Lipinski definition) is 2. The van der Waals surface area contributed by atoms with Gasteiger partial charge in [-0.3, -0.25) is 4.40 Å². The van der Waals surface area contributed by atoms with E-state index in [1.807, 2.05) is 6.20 Å². The number of pyridine rings is 1. The minimum Gasteiger partial charge on any atom is -0.381 e. The summed E-state index contributed by atoms with van der Waals surface area (Å²) in [6, 6.07) is 20.1. The van der Waals surface area contributed by atoms with Crippen molar-refractivity contribution in [2.24, 2.45) is 0 Å². The molecule has 3 nitrogen and oxygen atoms in total. The molecule has 0 bridgehead atoms. The van der Waals surface area contributed by atoms with Crippen molar-refractivity contribution in [3.05, 3.63) is 94.8 Å². The molecule has 2 aromatic heterocycles. The van der Waals surface area contributed by atoms with Gasteiger partial charge in [0.2, 0.25) is 0 Å². The molecule has 0 radical (unpaired) electrons. The average molecular weight is 397 g/mol. The predicted octanol–water partition coefficient (Wildman–Crippen LogP) is 6.10. The van der Waals surface area contributed by atoms with E-state index < -0.39 is 0 Å². The lowest BCUT2D eigenvalue weighted by atomic mass is 9.87. The van der Waals surface area contributed by atoms with E-state index in [0.717, 1.165) is 38.1 Å². The van der Waals surface area contributed by atoms with Gasteiger partial charge >= 0.3 is 0 Å². The fourth-order valence-electron chi connectivity index (χ4n) is 4.70. The van der Waals surface area contributed by atoms with Crippen LogP contribution >= 0.6 is 0 Å². The van der Waals surface area contributed by atoms with Gasteiger partial charge in [0.1, 0.15) is 5.65 Å². The molecular formula is C27H28N2O. The largest absolute Gasteiger partial charge is 0.381 e. The Bertz CT molecular complexity index is 1170. The molecule has 30 heavy (non-hydrogen) atoms. The van der Waals surface area contributed by atoms with Gasteiger partial charge in [-0.2, -0.15) is 0 Å². The highest BCUT2D eigenvalue weighted by Crippen LogP contribution is 2.31. The molecule has 1 saturated heterocycles. The Morgan fingerprint density at radius 1 is 0.967 bits per heavy atom. The van der Waals surface area contributed by atoms with E-state index in [2.05, 4.69) is 84.0 Å². The van der Waals surface area contributed by atoms with Crippen molar-refractivity contribution >= 4 is 5.65 Å². The summed E-state index contributed by atoms with van der Waals surface area (Å²) in [5, 5.41) is 0. The molecule has 2 aromatic carbocycles. The topological polar surface area (TPSA) is 26.5 Å². The Hall–Kier alpha value is -2.91. The SMILES string of the molecule is Cc1ccc(-c2ccc(Cc3ccc(C4CCOCC4)c(C)c3)c3nccn23)cc1. The molecule has 0 saturated carbocycles. The molecule has 1 fully saturated rings. The molecule has 4 aromatic rings. The number of ether oxygens (including phenoxy) is 1. The zero-order valence-corrected chi connectivity index (χ0v) is 17.8. The highest BCUT2D eigenvalue weighted by Gasteiger charge is 2.18. The van der Waals surface area contributed by atoms with E-state index in [9.17, 15) is 0 Å². The molecule has 1 aliphatic heterocycles. The van der Waals surface area contributed by atoms with Crippen LogP contribution in [0.4, 0.5) is 0 Å². The van der Waals surface area contributed by atoms with Crippen LogP contribution < -0.4 is 0 Å². The van der Waals surface area contributed by atoms with E-state index >= 15 is 0 Å². The summed E-state index contributed by atoms with van der Waals surface area (Å²) in [6.07, 6.45) is 7.12. The maximum Gasteiger partial charge on any atom is 0.140 e. The van der Waals surface area contributed by atoms with Gasteiger partial charge < -0.3 is 4.74 Å². The molecule has 1 aliphatic rings. The van der Waals surface area contributed by atoms with Crippen LogP contribution in [0.1, 0.15) is 46.6 Å². The van der Waals surface area contributed by atoms with E-state index in [1.165, 1.54) is 39.1 Å². The quantitative estimate of drug-likeness (QED) is 0.416. The fraction of sp³-hybridized carbons (Fsp3) is 0.296. The summed E-state index contributed by atoms with van der Waals surface area (Å²) in [5.74, 6) is 0.639. The van der Waals surface area contributed by atoms with Gasteiger partial charge in [0.15, 0.2) is 0 Å². The summed E-state index contributed by atoms with van der Waals surface area (Å²) >= 11 is 0. The number of nitrogens with zero attached hydrogens (tertiary/aromatic N) is 2. The number of hydrogen-bond donors (Lipinski definition) is 0. The second-order valence-electron chi connectivity index (χ2n) is 8.49. The van der Waals surface area contributed by atoms with E-state index in [4.69, 9.17) is 4.74 Å². The number of benzene rings is 2. The first-order chi connectivity index (χ1) is 14.7. The molecule has 0 N–H and O–H groups in total. The maximum absolute atomic E-state index is 5.54. The van der Waals surface area contributed by atoms with Gasteiger partial charge in [-0.15, -0.1) is 0 Å². The number of rotatable bonds is 4. The lowest BCUT2D eigenvalue weighted by Gasteiger charge is -2.24. The Kier molecular flexibility index (Phi) is 5.14. The molecule has 0 unspecified atom stereocenters. The Morgan fingerprint density at radius 3 is 2.53 bits per heavy atom. The predicted molar refractivity (Wildman–Crippen MR) is 122 cm³/mol. The van der Waals surface area contributed by atoms with Crippen LogP contribution in [-0.4, -0.2) is 22.6 Å². The van der Waals surface area contributed by atoms with Crippen molar-refractivity contribution in [2.75, 3.05) is 13.2 Å².